The molecule has 1 aromatic heterocycles. The van der Waals surface area contributed by atoms with Gasteiger partial charge in [0.15, 0.2) is 0 Å². The van der Waals surface area contributed by atoms with Crippen molar-refractivity contribution in [2.45, 2.75) is 25.3 Å². The molecule has 0 unspecified atom stereocenters. The molecule has 0 atom stereocenters. The monoisotopic (exact) mass is 266 g/mol. The van der Waals surface area contributed by atoms with Gasteiger partial charge in [0, 0.05) is 5.69 Å². The summed E-state index contributed by atoms with van der Waals surface area (Å²) >= 11 is 0. The van der Waals surface area contributed by atoms with Crippen molar-refractivity contribution in [1.29, 1.82) is 0 Å². The molecule has 6 heteroatoms. The number of benzene rings is 1. The maximum atomic E-state index is 11.9. The average Bonchev–Trinajstić information content (AvgIpc) is 2.73. The zero-order chi connectivity index (χ0) is 13.2. The van der Waals surface area contributed by atoms with E-state index in [1.807, 2.05) is 13.8 Å². The lowest BCUT2D eigenvalue weighted by atomic mass is 10.2. The van der Waals surface area contributed by atoms with Gasteiger partial charge in [-0.15, -0.1) is 0 Å². The summed E-state index contributed by atoms with van der Waals surface area (Å²) in [4.78, 5) is 7.00. The second-order valence-electron chi connectivity index (χ2n) is 4.00. The summed E-state index contributed by atoms with van der Waals surface area (Å²) < 4.78 is 28.7. The highest BCUT2D eigenvalue weighted by Crippen LogP contribution is 2.15. The SMILES string of the molecule is Cc1ccc(S(=O)(=O)OCc2nc[nH]c2C)cc1. The standard InChI is InChI=1S/C12H14N2O3S/c1-9-3-5-11(6-4-9)18(15,16)17-7-12-10(2)13-8-14-12/h3-6,8H,7H2,1-2H3,(H,13,14). The molecule has 0 aliphatic rings. The summed E-state index contributed by atoms with van der Waals surface area (Å²) in [7, 11) is -3.72. The molecule has 96 valence electrons. The van der Waals surface area contributed by atoms with Gasteiger partial charge in [0.05, 0.1) is 16.9 Å². The van der Waals surface area contributed by atoms with Crippen LogP contribution < -0.4 is 0 Å². The van der Waals surface area contributed by atoms with E-state index in [0.29, 0.717) is 5.69 Å². The van der Waals surface area contributed by atoms with E-state index in [1.54, 1.807) is 12.1 Å². The van der Waals surface area contributed by atoms with Gasteiger partial charge in [-0.05, 0) is 26.0 Å². The third kappa shape index (κ3) is 2.77. The van der Waals surface area contributed by atoms with Crippen molar-refractivity contribution in [1.82, 2.24) is 9.97 Å². The van der Waals surface area contributed by atoms with E-state index in [1.165, 1.54) is 18.5 Å². The molecule has 2 rings (SSSR count). The van der Waals surface area contributed by atoms with Crippen LogP contribution in [0.4, 0.5) is 0 Å². The first-order valence-electron chi connectivity index (χ1n) is 5.44. The van der Waals surface area contributed by atoms with Crippen LogP contribution in [0.1, 0.15) is 17.0 Å². The molecule has 0 saturated carbocycles. The first kappa shape index (κ1) is 12.8. The zero-order valence-corrected chi connectivity index (χ0v) is 11.0. The predicted molar refractivity (Wildman–Crippen MR) is 66.5 cm³/mol. The van der Waals surface area contributed by atoms with Crippen LogP contribution in [0.2, 0.25) is 0 Å². The third-order valence-corrected chi connectivity index (χ3v) is 3.87. The number of nitrogens with zero attached hydrogens (tertiary/aromatic N) is 1. The second-order valence-corrected chi connectivity index (χ2v) is 5.62. The minimum Gasteiger partial charge on any atom is -0.348 e. The predicted octanol–water partition coefficient (Wildman–Crippen LogP) is 1.93. The molecular formula is C12H14N2O3S. The molecule has 18 heavy (non-hydrogen) atoms. The van der Waals surface area contributed by atoms with E-state index >= 15 is 0 Å². The van der Waals surface area contributed by atoms with Crippen molar-refractivity contribution in [3.63, 3.8) is 0 Å². The molecule has 0 bridgehead atoms. The van der Waals surface area contributed by atoms with Crippen LogP contribution in [-0.4, -0.2) is 18.4 Å². The molecule has 5 nitrogen and oxygen atoms in total. The van der Waals surface area contributed by atoms with E-state index < -0.39 is 10.1 Å². The zero-order valence-electron chi connectivity index (χ0n) is 10.2. The Kier molecular flexibility index (Phi) is 3.49. The Morgan fingerprint density at radius 1 is 1.22 bits per heavy atom. The highest BCUT2D eigenvalue weighted by Gasteiger charge is 2.16. The lowest BCUT2D eigenvalue weighted by molar-refractivity contribution is 0.303. The van der Waals surface area contributed by atoms with Gasteiger partial charge in [-0.2, -0.15) is 8.42 Å². The van der Waals surface area contributed by atoms with Gasteiger partial charge in [0.25, 0.3) is 10.1 Å². The second kappa shape index (κ2) is 4.91. The average molecular weight is 266 g/mol. The van der Waals surface area contributed by atoms with E-state index in [2.05, 4.69) is 9.97 Å². The van der Waals surface area contributed by atoms with Gasteiger partial charge in [-0.25, -0.2) is 4.98 Å². The summed E-state index contributed by atoms with van der Waals surface area (Å²) in [6.45, 7) is 3.64. The van der Waals surface area contributed by atoms with Gasteiger partial charge in [-0.1, -0.05) is 17.7 Å². The van der Waals surface area contributed by atoms with E-state index in [9.17, 15) is 8.42 Å². The maximum absolute atomic E-state index is 11.9. The number of hydrogen-bond acceptors (Lipinski definition) is 4. The van der Waals surface area contributed by atoms with Gasteiger partial charge in [0.1, 0.15) is 6.61 Å². The van der Waals surface area contributed by atoms with Crippen LogP contribution in [0.25, 0.3) is 0 Å². The Bertz CT molecular complexity index is 630. The Labute approximate surface area is 106 Å². The number of H-pyrrole nitrogens is 1. The van der Waals surface area contributed by atoms with E-state index in [-0.39, 0.29) is 11.5 Å². The topological polar surface area (TPSA) is 72.1 Å². The van der Waals surface area contributed by atoms with Crippen molar-refractivity contribution >= 4 is 10.1 Å². The molecule has 2 aromatic rings. The van der Waals surface area contributed by atoms with Crippen LogP contribution in [0.3, 0.4) is 0 Å². The number of nitrogens with one attached hydrogen (secondary N) is 1. The quantitative estimate of drug-likeness (QED) is 0.858. The first-order valence-corrected chi connectivity index (χ1v) is 6.85. The fourth-order valence-electron chi connectivity index (χ4n) is 1.44. The van der Waals surface area contributed by atoms with Crippen molar-refractivity contribution in [2.24, 2.45) is 0 Å². The summed E-state index contributed by atoms with van der Waals surface area (Å²) in [5.74, 6) is 0. The number of aromatic nitrogens is 2. The largest absolute Gasteiger partial charge is 0.348 e. The van der Waals surface area contributed by atoms with Gasteiger partial charge >= 0.3 is 0 Å². The number of imidazole rings is 1. The summed E-state index contributed by atoms with van der Waals surface area (Å²) in [5.41, 5.74) is 2.39. The van der Waals surface area contributed by atoms with Gasteiger partial charge in [0.2, 0.25) is 0 Å². The minimum atomic E-state index is -3.72. The van der Waals surface area contributed by atoms with Crippen molar-refractivity contribution < 1.29 is 12.6 Å². The van der Waals surface area contributed by atoms with Crippen molar-refractivity contribution in [3.8, 4) is 0 Å². The molecule has 0 spiro atoms. The molecule has 1 heterocycles. The Hall–Kier alpha value is -1.66. The van der Waals surface area contributed by atoms with Crippen molar-refractivity contribution in [3.05, 3.63) is 47.5 Å². The van der Waals surface area contributed by atoms with Crippen LogP contribution in [0.15, 0.2) is 35.5 Å². The Morgan fingerprint density at radius 3 is 2.44 bits per heavy atom. The molecular weight excluding hydrogens is 252 g/mol. The fraction of sp³-hybridized carbons (Fsp3) is 0.250. The fourth-order valence-corrected chi connectivity index (χ4v) is 2.31. The molecule has 0 aliphatic carbocycles. The Balaban J connectivity index is 2.13. The molecule has 0 aliphatic heterocycles. The highest BCUT2D eigenvalue weighted by molar-refractivity contribution is 7.86. The van der Waals surface area contributed by atoms with Gasteiger partial charge in [-0.3, -0.25) is 4.18 Å². The summed E-state index contributed by atoms with van der Waals surface area (Å²) in [6.07, 6.45) is 1.51. The first-order chi connectivity index (χ1) is 8.49. The lowest BCUT2D eigenvalue weighted by Gasteiger charge is -2.05. The number of rotatable bonds is 4. The Morgan fingerprint density at radius 2 is 1.89 bits per heavy atom. The van der Waals surface area contributed by atoms with Crippen LogP contribution in [0, 0.1) is 13.8 Å². The number of hydrogen-bond donors (Lipinski definition) is 1. The molecule has 0 radical (unpaired) electrons. The lowest BCUT2D eigenvalue weighted by Crippen LogP contribution is -2.07. The molecule has 1 N–H and O–H groups in total. The highest BCUT2D eigenvalue weighted by atomic mass is 32.2. The molecule has 0 fully saturated rings. The number of aromatic amines is 1. The minimum absolute atomic E-state index is 0.0639. The maximum Gasteiger partial charge on any atom is 0.297 e. The van der Waals surface area contributed by atoms with Crippen LogP contribution >= 0.6 is 0 Å². The summed E-state index contributed by atoms with van der Waals surface area (Å²) in [5, 5.41) is 0. The smallest absolute Gasteiger partial charge is 0.297 e. The summed E-state index contributed by atoms with van der Waals surface area (Å²) in [6, 6.07) is 6.52. The number of aryl methyl sites for hydroxylation is 2. The van der Waals surface area contributed by atoms with Crippen LogP contribution in [-0.2, 0) is 20.9 Å². The van der Waals surface area contributed by atoms with E-state index in [0.717, 1.165) is 11.3 Å². The van der Waals surface area contributed by atoms with E-state index in [4.69, 9.17) is 4.18 Å². The van der Waals surface area contributed by atoms with Gasteiger partial charge < -0.3 is 4.98 Å². The third-order valence-electron chi connectivity index (χ3n) is 2.59. The van der Waals surface area contributed by atoms with Crippen molar-refractivity contribution in [2.75, 3.05) is 0 Å². The van der Waals surface area contributed by atoms with Crippen LogP contribution in [0.5, 0.6) is 0 Å². The molecule has 1 aromatic carbocycles. The molecule has 0 amide bonds. The molecule has 0 saturated heterocycles. The normalized spacial score (nSPS) is 11.7.